The highest BCUT2D eigenvalue weighted by atomic mass is 16.5. The molecule has 0 heterocycles. The van der Waals surface area contributed by atoms with Crippen molar-refractivity contribution in [1.82, 2.24) is 0 Å². The van der Waals surface area contributed by atoms with Crippen molar-refractivity contribution in [3.63, 3.8) is 0 Å². The summed E-state index contributed by atoms with van der Waals surface area (Å²) in [5.74, 6) is 9.15. The number of benzene rings is 8. The van der Waals surface area contributed by atoms with Gasteiger partial charge in [0.05, 0.1) is 0 Å². The van der Waals surface area contributed by atoms with E-state index in [9.17, 15) is 9.59 Å². The Bertz CT molecular complexity index is 3540. The Hall–Kier alpha value is -9.46. The molecular formula is C65H40O3. The van der Waals surface area contributed by atoms with Crippen LogP contribution >= 0.6 is 0 Å². The minimum Gasteiger partial charge on any atom is -0.457 e. The lowest BCUT2D eigenvalue weighted by Gasteiger charge is -2.15. The molecule has 3 heteroatoms. The maximum Gasteiger partial charge on any atom is 0.195 e. The smallest absolute Gasteiger partial charge is 0.195 e. The molecular weight excluding hydrogens is 829 g/mol. The monoisotopic (exact) mass is 868 g/mol. The Kier molecular flexibility index (Phi) is 11.4. The number of ketones is 2. The van der Waals surface area contributed by atoms with Crippen LogP contribution in [0.2, 0.25) is 0 Å². The fraction of sp³-hybridized carbons (Fsp3) is 0.0154. The van der Waals surface area contributed by atoms with E-state index in [2.05, 4.69) is 17.8 Å². The van der Waals surface area contributed by atoms with Gasteiger partial charge >= 0.3 is 0 Å². The lowest BCUT2D eigenvalue weighted by molar-refractivity contribution is -0.109. The number of Topliss-reactive ketones (excluding diaryl/α,β-unsaturated/α-hetero) is 2. The van der Waals surface area contributed by atoms with Crippen LogP contribution in [-0.4, -0.2) is 11.6 Å². The SMILES string of the molecule is C#Cc1ccc(C2=C(c3ccccc3)C(c3ccc(Oc4ccc(C5=C(c6ccc(C#C)cc6)C(=O)C(c6ccc(C#C)cc6)=C5c5ccccc5)cc4)cc3)=C(c3ccc(C)cc3)C2=O)cc1. The zero-order valence-electron chi connectivity index (χ0n) is 37.1. The van der Waals surface area contributed by atoms with Gasteiger partial charge in [0.1, 0.15) is 11.5 Å². The number of carbonyl (C=O) groups excluding carboxylic acids is 2. The summed E-state index contributed by atoms with van der Waals surface area (Å²) in [5.41, 5.74) is 15.8. The standard InChI is InChI=1S/C65H40O3/c1-5-43-20-28-51(29-21-43)61-56(46-14-10-8-11-15-46)58(60(64(61)66)50-26-18-42(4)19-27-50)48-34-38-54(39-35-48)68-55-40-36-49(37-41-55)59-57(47-16-12-9-13-17-47)62(52-30-22-44(6-2)23-31-52)65(67)63(59)53-32-24-45(7-3)25-33-53/h1-3,8-41H,4H3. The van der Waals surface area contributed by atoms with Gasteiger partial charge < -0.3 is 4.74 Å². The molecule has 0 fully saturated rings. The summed E-state index contributed by atoms with van der Waals surface area (Å²) in [6.45, 7) is 2.04. The predicted octanol–water partition coefficient (Wildman–Crippen LogP) is 13.9. The summed E-state index contributed by atoms with van der Waals surface area (Å²) < 4.78 is 6.52. The maximum absolute atomic E-state index is 14.9. The number of ether oxygens (including phenoxy) is 1. The Morgan fingerprint density at radius 2 is 0.529 bits per heavy atom. The van der Waals surface area contributed by atoms with Crippen LogP contribution in [0.15, 0.2) is 206 Å². The summed E-state index contributed by atoms with van der Waals surface area (Å²) in [4.78, 5) is 29.8. The third-order valence-corrected chi connectivity index (χ3v) is 12.4. The number of carbonyl (C=O) groups is 2. The molecule has 0 aliphatic heterocycles. The lowest BCUT2D eigenvalue weighted by atomic mass is 9.89. The molecule has 318 valence electrons. The molecule has 0 saturated carbocycles. The highest BCUT2D eigenvalue weighted by Crippen LogP contribution is 2.52. The maximum atomic E-state index is 14.9. The van der Waals surface area contributed by atoms with E-state index >= 15 is 0 Å². The summed E-state index contributed by atoms with van der Waals surface area (Å²) in [7, 11) is 0. The largest absolute Gasteiger partial charge is 0.457 e. The highest BCUT2D eigenvalue weighted by molar-refractivity contribution is 6.60. The third-order valence-electron chi connectivity index (χ3n) is 12.4. The topological polar surface area (TPSA) is 43.4 Å². The third kappa shape index (κ3) is 7.90. The van der Waals surface area contributed by atoms with E-state index in [0.717, 1.165) is 89.1 Å². The number of rotatable bonds is 10. The molecule has 2 aliphatic rings. The fourth-order valence-corrected chi connectivity index (χ4v) is 9.11. The van der Waals surface area contributed by atoms with Gasteiger partial charge in [-0.2, -0.15) is 0 Å². The van der Waals surface area contributed by atoms with Crippen molar-refractivity contribution >= 4 is 56.2 Å². The van der Waals surface area contributed by atoms with Crippen LogP contribution in [-0.2, 0) is 9.59 Å². The molecule has 2 aliphatic carbocycles. The number of allylic oxidation sites excluding steroid dienone is 8. The minimum atomic E-state index is -0.0926. The van der Waals surface area contributed by atoms with Crippen molar-refractivity contribution in [1.29, 1.82) is 0 Å². The van der Waals surface area contributed by atoms with Crippen molar-refractivity contribution in [2.75, 3.05) is 0 Å². The molecule has 0 radical (unpaired) electrons. The van der Waals surface area contributed by atoms with Crippen molar-refractivity contribution < 1.29 is 14.3 Å². The quantitative estimate of drug-likeness (QED) is 0.129. The molecule has 8 aromatic rings. The van der Waals surface area contributed by atoms with E-state index in [1.807, 2.05) is 213 Å². The molecule has 10 rings (SSSR count). The van der Waals surface area contributed by atoms with Gasteiger partial charge in [-0.15, -0.1) is 19.3 Å². The van der Waals surface area contributed by atoms with Crippen LogP contribution in [0, 0.1) is 44.0 Å². The number of hydrogen-bond donors (Lipinski definition) is 0. The van der Waals surface area contributed by atoms with Crippen molar-refractivity contribution in [2.24, 2.45) is 0 Å². The Morgan fingerprint density at radius 1 is 0.294 bits per heavy atom. The van der Waals surface area contributed by atoms with Crippen molar-refractivity contribution in [3.05, 3.63) is 273 Å². The number of hydrogen-bond acceptors (Lipinski definition) is 3. The van der Waals surface area contributed by atoms with Crippen LogP contribution in [0.25, 0.3) is 44.6 Å². The van der Waals surface area contributed by atoms with Crippen LogP contribution < -0.4 is 4.74 Å². The fourth-order valence-electron chi connectivity index (χ4n) is 9.11. The summed E-state index contributed by atoms with van der Waals surface area (Å²) >= 11 is 0. The molecule has 8 aromatic carbocycles. The van der Waals surface area contributed by atoms with Crippen molar-refractivity contribution in [2.45, 2.75) is 6.92 Å². The number of aryl methyl sites for hydroxylation is 1. The molecule has 0 spiro atoms. The molecule has 0 amide bonds. The highest BCUT2D eigenvalue weighted by Gasteiger charge is 2.37. The average Bonchev–Trinajstić information content (AvgIpc) is 3.88. The van der Waals surface area contributed by atoms with Crippen LogP contribution in [0.5, 0.6) is 11.5 Å². The molecule has 0 N–H and O–H groups in total. The van der Waals surface area contributed by atoms with Gasteiger partial charge in [0.25, 0.3) is 0 Å². The Balaban J connectivity index is 1.04. The first-order chi connectivity index (χ1) is 33.3. The molecule has 3 nitrogen and oxygen atoms in total. The second-order valence-electron chi connectivity index (χ2n) is 16.6. The van der Waals surface area contributed by atoms with Gasteiger partial charge in [-0.25, -0.2) is 0 Å². The number of terminal acetylenes is 3. The van der Waals surface area contributed by atoms with E-state index in [1.54, 1.807) is 0 Å². The predicted molar refractivity (Wildman–Crippen MR) is 277 cm³/mol. The first-order valence-electron chi connectivity index (χ1n) is 22.2. The van der Waals surface area contributed by atoms with Crippen molar-refractivity contribution in [3.8, 4) is 48.5 Å². The summed E-state index contributed by atoms with van der Waals surface area (Å²) in [5, 5.41) is 0. The van der Waals surface area contributed by atoms with E-state index in [1.165, 1.54) is 0 Å². The van der Waals surface area contributed by atoms with Crippen LogP contribution in [0.3, 0.4) is 0 Å². The summed E-state index contributed by atoms with van der Waals surface area (Å²) in [6.07, 6.45) is 17.2. The van der Waals surface area contributed by atoms with Gasteiger partial charge in [-0.05, 0) is 112 Å². The average molecular weight is 869 g/mol. The van der Waals surface area contributed by atoms with Crippen LogP contribution in [0.4, 0.5) is 0 Å². The molecule has 0 bridgehead atoms. The van der Waals surface area contributed by atoms with Gasteiger partial charge in [0.2, 0.25) is 0 Å². The van der Waals surface area contributed by atoms with E-state index < -0.39 is 0 Å². The normalized spacial score (nSPS) is 13.4. The Morgan fingerprint density at radius 3 is 0.809 bits per heavy atom. The van der Waals surface area contributed by atoms with Gasteiger partial charge in [-0.1, -0.05) is 169 Å². The first kappa shape index (κ1) is 42.5. The van der Waals surface area contributed by atoms with Crippen LogP contribution in [0.1, 0.15) is 66.8 Å². The molecule has 0 atom stereocenters. The first-order valence-corrected chi connectivity index (χ1v) is 22.2. The molecule has 0 unspecified atom stereocenters. The second-order valence-corrected chi connectivity index (χ2v) is 16.6. The van der Waals surface area contributed by atoms with E-state index in [0.29, 0.717) is 33.8 Å². The van der Waals surface area contributed by atoms with Gasteiger partial charge in [0, 0.05) is 61.3 Å². The van der Waals surface area contributed by atoms with Gasteiger partial charge in [-0.3, -0.25) is 9.59 Å². The zero-order chi connectivity index (χ0) is 46.7. The van der Waals surface area contributed by atoms with E-state index in [-0.39, 0.29) is 11.6 Å². The summed E-state index contributed by atoms with van der Waals surface area (Å²) in [6, 6.07) is 66.5. The molecule has 0 aromatic heterocycles. The second kappa shape index (κ2) is 18.2. The Labute approximate surface area is 397 Å². The molecule has 0 saturated heterocycles. The lowest BCUT2D eigenvalue weighted by Crippen LogP contribution is -2.02. The molecule has 68 heavy (non-hydrogen) atoms. The minimum absolute atomic E-state index is 0.0532. The van der Waals surface area contributed by atoms with E-state index in [4.69, 9.17) is 24.0 Å². The zero-order valence-corrected chi connectivity index (χ0v) is 37.1. The van der Waals surface area contributed by atoms with Gasteiger partial charge in [0.15, 0.2) is 11.6 Å².